The van der Waals surface area contributed by atoms with Crippen molar-refractivity contribution in [2.75, 3.05) is 23.7 Å². The van der Waals surface area contributed by atoms with Gasteiger partial charge in [0.2, 0.25) is 21.8 Å². The van der Waals surface area contributed by atoms with Crippen LogP contribution in [0.2, 0.25) is 0 Å². The number of halogens is 1. The zero-order valence-corrected chi connectivity index (χ0v) is 25.7. The van der Waals surface area contributed by atoms with Crippen molar-refractivity contribution in [2.24, 2.45) is 5.92 Å². The van der Waals surface area contributed by atoms with E-state index in [4.69, 9.17) is 0 Å². The van der Waals surface area contributed by atoms with Gasteiger partial charge in [-0.05, 0) is 48.1 Å². The molecule has 2 amide bonds. The van der Waals surface area contributed by atoms with Crippen molar-refractivity contribution in [3.63, 3.8) is 0 Å². The fourth-order valence-corrected chi connectivity index (χ4v) is 5.65. The molecule has 9 heteroatoms. The maximum absolute atomic E-state index is 14.8. The average Bonchev–Trinajstić information content (AvgIpc) is 2.96. The molecule has 0 aliphatic heterocycles. The molecule has 3 rings (SSSR count). The van der Waals surface area contributed by atoms with Crippen molar-refractivity contribution in [2.45, 2.75) is 59.0 Å². The van der Waals surface area contributed by atoms with Gasteiger partial charge in [0.1, 0.15) is 11.9 Å². The third-order valence-electron chi connectivity index (χ3n) is 7.04. The summed E-state index contributed by atoms with van der Waals surface area (Å²) in [5, 5.41) is 2.95. The van der Waals surface area contributed by atoms with E-state index in [1.54, 1.807) is 30.3 Å². The molecular weight excluding hydrogens is 553 g/mol. The van der Waals surface area contributed by atoms with E-state index in [0.29, 0.717) is 17.8 Å². The summed E-state index contributed by atoms with van der Waals surface area (Å²) in [4.78, 5) is 28.8. The van der Waals surface area contributed by atoms with Gasteiger partial charge < -0.3 is 10.2 Å². The number of sulfonamides is 1. The van der Waals surface area contributed by atoms with E-state index in [1.807, 2.05) is 63.2 Å². The van der Waals surface area contributed by atoms with Crippen molar-refractivity contribution < 1.29 is 22.4 Å². The fraction of sp³-hybridized carbons (Fsp3) is 0.394. The molecule has 7 nitrogen and oxygen atoms in total. The minimum absolute atomic E-state index is 0.0176. The van der Waals surface area contributed by atoms with Crippen LogP contribution in [0.5, 0.6) is 0 Å². The Morgan fingerprint density at radius 1 is 0.905 bits per heavy atom. The number of anilines is 1. The largest absolute Gasteiger partial charge is 0.354 e. The molecule has 1 N–H and O–H groups in total. The smallest absolute Gasteiger partial charge is 0.243 e. The lowest BCUT2D eigenvalue weighted by Crippen LogP contribution is -2.51. The zero-order valence-electron chi connectivity index (χ0n) is 24.9. The number of nitrogens with one attached hydrogen (secondary N) is 1. The first-order valence-electron chi connectivity index (χ1n) is 14.4. The highest BCUT2D eigenvalue weighted by molar-refractivity contribution is 7.92. The second-order valence-corrected chi connectivity index (χ2v) is 12.8. The Labute approximate surface area is 249 Å². The van der Waals surface area contributed by atoms with Crippen LogP contribution >= 0.6 is 0 Å². The first-order chi connectivity index (χ1) is 20.0. The van der Waals surface area contributed by atoms with Crippen LogP contribution in [0.1, 0.15) is 50.3 Å². The van der Waals surface area contributed by atoms with Crippen LogP contribution in [-0.4, -0.2) is 50.5 Å². The van der Waals surface area contributed by atoms with E-state index in [-0.39, 0.29) is 50.1 Å². The molecule has 0 bridgehead atoms. The first-order valence-corrected chi connectivity index (χ1v) is 16.3. The van der Waals surface area contributed by atoms with Gasteiger partial charge in [0.05, 0.1) is 11.9 Å². The van der Waals surface area contributed by atoms with E-state index in [1.165, 1.54) is 15.3 Å². The van der Waals surface area contributed by atoms with Gasteiger partial charge in [0.25, 0.3) is 0 Å². The molecule has 0 fully saturated rings. The number of aryl methyl sites for hydroxylation is 1. The lowest BCUT2D eigenvalue weighted by Gasteiger charge is -2.32. The van der Waals surface area contributed by atoms with Crippen molar-refractivity contribution in [1.82, 2.24) is 10.2 Å². The van der Waals surface area contributed by atoms with Crippen molar-refractivity contribution in [3.8, 4) is 0 Å². The lowest BCUT2D eigenvalue weighted by molar-refractivity contribution is -0.141. The molecule has 0 aliphatic carbocycles. The third-order valence-corrected chi connectivity index (χ3v) is 8.23. The Morgan fingerprint density at radius 2 is 1.55 bits per heavy atom. The van der Waals surface area contributed by atoms with Crippen LogP contribution in [-0.2, 0) is 39.0 Å². The van der Waals surface area contributed by atoms with Gasteiger partial charge in [-0.2, -0.15) is 0 Å². The minimum atomic E-state index is -3.60. The Balaban J connectivity index is 1.88. The molecule has 0 aromatic heterocycles. The van der Waals surface area contributed by atoms with Gasteiger partial charge in [0, 0.05) is 38.0 Å². The van der Waals surface area contributed by atoms with Gasteiger partial charge in [-0.25, -0.2) is 12.8 Å². The predicted octanol–water partition coefficient (Wildman–Crippen LogP) is 5.35. The SMILES string of the molecule is CCc1ccc(N(CCCC(=O)N(Cc2ccccc2F)[C@H](Cc2ccccc2)C(=O)NCC(C)C)S(C)(=O)=O)cc1. The molecule has 3 aromatic rings. The van der Waals surface area contributed by atoms with Crippen LogP contribution in [0, 0.1) is 11.7 Å². The van der Waals surface area contributed by atoms with Gasteiger partial charge >= 0.3 is 0 Å². The number of benzene rings is 3. The Kier molecular flexibility index (Phi) is 12.1. The Bertz CT molecular complexity index is 1410. The second kappa shape index (κ2) is 15.5. The molecule has 0 spiro atoms. The summed E-state index contributed by atoms with van der Waals surface area (Å²) in [6, 6.07) is 22.0. The summed E-state index contributed by atoms with van der Waals surface area (Å²) in [5.74, 6) is -0.926. The van der Waals surface area contributed by atoms with E-state index in [0.717, 1.165) is 23.8 Å². The molecule has 0 saturated carbocycles. The Hall–Kier alpha value is -3.72. The van der Waals surface area contributed by atoms with Gasteiger partial charge in [0.15, 0.2) is 0 Å². The molecule has 42 heavy (non-hydrogen) atoms. The molecule has 1 atom stereocenters. The van der Waals surface area contributed by atoms with Gasteiger partial charge in [-0.15, -0.1) is 0 Å². The maximum atomic E-state index is 14.8. The summed E-state index contributed by atoms with van der Waals surface area (Å²) >= 11 is 0. The molecular formula is C33H42FN3O4S. The summed E-state index contributed by atoms with van der Waals surface area (Å²) in [5.41, 5.74) is 2.79. The molecule has 0 unspecified atom stereocenters. The number of carbonyl (C=O) groups is 2. The summed E-state index contributed by atoms with van der Waals surface area (Å²) in [7, 11) is -3.60. The lowest BCUT2D eigenvalue weighted by atomic mass is 10.0. The van der Waals surface area contributed by atoms with E-state index in [2.05, 4.69) is 5.32 Å². The molecule has 226 valence electrons. The number of amides is 2. The predicted molar refractivity (Wildman–Crippen MR) is 166 cm³/mol. The molecule has 0 heterocycles. The van der Waals surface area contributed by atoms with Crippen molar-refractivity contribution >= 4 is 27.5 Å². The van der Waals surface area contributed by atoms with Crippen LogP contribution in [0.4, 0.5) is 10.1 Å². The molecule has 0 aliphatic rings. The number of nitrogens with zero attached hydrogens (tertiary/aromatic N) is 2. The number of hydrogen-bond donors (Lipinski definition) is 1. The quantitative estimate of drug-likeness (QED) is 0.257. The van der Waals surface area contributed by atoms with Crippen LogP contribution in [0.15, 0.2) is 78.9 Å². The fourth-order valence-electron chi connectivity index (χ4n) is 4.69. The van der Waals surface area contributed by atoms with Gasteiger partial charge in [-0.1, -0.05) is 81.4 Å². The topological polar surface area (TPSA) is 86.8 Å². The summed E-state index contributed by atoms with van der Waals surface area (Å²) < 4.78 is 41.3. The third kappa shape index (κ3) is 9.69. The van der Waals surface area contributed by atoms with E-state index in [9.17, 15) is 22.4 Å². The first kappa shape index (κ1) is 32.8. The van der Waals surface area contributed by atoms with Crippen molar-refractivity contribution in [3.05, 3.63) is 101 Å². The standard InChI is InChI=1S/C33H42FN3O4S/c1-5-26-17-19-29(20-18-26)37(42(4,40)41)21-11-16-32(38)36(24-28-14-9-10-15-30(28)34)31(33(39)35-23-25(2)3)22-27-12-7-6-8-13-27/h6-10,12-15,17-20,25,31H,5,11,16,21-24H2,1-4H3,(H,35,39)/t31-/m1/s1. The summed E-state index contributed by atoms with van der Waals surface area (Å²) in [6.07, 6.45) is 2.43. The highest BCUT2D eigenvalue weighted by atomic mass is 32.2. The monoisotopic (exact) mass is 595 g/mol. The highest BCUT2D eigenvalue weighted by Gasteiger charge is 2.31. The molecule has 0 radical (unpaired) electrons. The second-order valence-electron chi connectivity index (χ2n) is 10.9. The normalized spacial score (nSPS) is 12.1. The average molecular weight is 596 g/mol. The maximum Gasteiger partial charge on any atom is 0.243 e. The zero-order chi connectivity index (χ0) is 30.7. The van der Waals surface area contributed by atoms with E-state index < -0.39 is 21.9 Å². The van der Waals surface area contributed by atoms with Crippen LogP contribution < -0.4 is 9.62 Å². The summed E-state index contributed by atoms with van der Waals surface area (Å²) in [6.45, 7) is 6.43. The van der Waals surface area contributed by atoms with Crippen LogP contribution in [0.3, 0.4) is 0 Å². The minimum Gasteiger partial charge on any atom is -0.354 e. The van der Waals surface area contributed by atoms with Crippen molar-refractivity contribution in [1.29, 1.82) is 0 Å². The van der Waals surface area contributed by atoms with E-state index >= 15 is 0 Å². The number of carbonyl (C=O) groups excluding carboxylic acids is 2. The molecule has 0 saturated heterocycles. The molecule has 3 aromatic carbocycles. The van der Waals surface area contributed by atoms with Crippen LogP contribution in [0.25, 0.3) is 0 Å². The number of rotatable bonds is 15. The highest BCUT2D eigenvalue weighted by Crippen LogP contribution is 2.21. The van der Waals surface area contributed by atoms with Gasteiger partial charge in [-0.3, -0.25) is 13.9 Å². The Morgan fingerprint density at radius 3 is 2.14 bits per heavy atom. The number of hydrogen-bond acceptors (Lipinski definition) is 4.